The first-order valence-corrected chi connectivity index (χ1v) is 5.60. The van der Waals surface area contributed by atoms with Crippen molar-refractivity contribution in [3.05, 3.63) is 28.5 Å². The fourth-order valence-corrected chi connectivity index (χ4v) is 1.39. The van der Waals surface area contributed by atoms with Crippen LogP contribution in [0.2, 0.25) is 0 Å². The van der Waals surface area contributed by atoms with Crippen molar-refractivity contribution in [3.8, 4) is 0 Å². The number of nitrogens with one attached hydrogen (secondary N) is 2. The molecule has 0 unspecified atom stereocenters. The van der Waals surface area contributed by atoms with Gasteiger partial charge < -0.3 is 10.6 Å². The molecule has 16 heavy (non-hydrogen) atoms. The van der Waals surface area contributed by atoms with Crippen LogP contribution in [0.3, 0.4) is 0 Å². The maximum absolute atomic E-state index is 11.5. The summed E-state index contributed by atoms with van der Waals surface area (Å²) in [5, 5.41) is 5.06. The summed E-state index contributed by atoms with van der Waals surface area (Å²) < 4.78 is 0.582. The standard InChI is InChI=1S/C10H12BrN3O2/c1-2-12-9(15)6-13-10(16)7-4-3-5-8(11)14-7/h3-5H,2,6H2,1H3,(H,12,15)(H,13,16). The van der Waals surface area contributed by atoms with Crippen LogP contribution in [0.5, 0.6) is 0 Å². The third-order valence-corrected chi connectivity index (χ3v) is 2.17. The highest BCUT2D eigenvalue weighted by molar-refractivity contribution is 9.10. The molecular weight excluding hydrogens is 274 g/mol. The number of nitrogens with zero attached hydrogens (tertiary/aromatic N) is 1. The van der Waals surface area contributed by atoms with Crippen LogP contribution < -0.4 is 10.6 Å². The van der Waals surface area contributed by atoms with E-state index in [4.69, 9.17) is 0 Å². The predicted molar refractivity (Wildman–Crippen MR) is 63.0 cm³/mol. The molecule has 0 saturated heterocycles. The van der Waals surface area contributed by atoms with Crippen molar-refractivity contribution < 1.29 is 9.59 Å². The van der Waals surface area contributed by atoms with Gasteiger partial charge in [-0.3, -0.25) is 9.59 Å². The average Bonchev–Trinajstić information content (AvgIpc) is 2.26. The molecule has 2 N–H and O–H groups in total. The fourth-order valence-electron chi connectivity index (χ4n) is 1.05. The lowest BCUT2D eigenvalue weighted by atomic mass is 10.3. The summed E-state index contributed by atoms with van der Waals surface area (Å²) in [6.07, 6.45) is 0. The van der Waals surface area contributed by atoms with E-state index in [0.717, 1.165) is 0 Å². The predicted octanol–water partition coefficient (Wildman–Crippen LogP) is 0.710. The van der Waals surface area contributed by atoms with Crippen molar-refractivity contribution >= 4 is 27.7 Å². The number of aromatic nitrogens is 1. The Morgan fingerprint density at radius 3 is 2.75 bits per heavy atom. The fraction of sp³-hybridized carbons (Fsp3) is 0.300. The minimum absolute atomic E-state index is 0.0408. The summed E-state index contributed by atoms with van der Waals surface area (Å²) >= 11 is 3.16. The van der Waals surface area contributed by atoms with E-state index >= 15 is 0 Å². The molecule has 86 valence electrons. The second kappa shape index (κ2) is 6.22. The highest BCUT2D eigenvalue weighted by Crippen LogP contribution is 2.05. The van der Waals surface area contributed by atoms with E-state index in [9.17, 15) is 9.59 Å². The normalized spacial score (nSPS) is 9.62. The Labute approximate surface area is 102 Å². The van der Waals surface area contributed by atoms with Crippen LogP contribution in [0, 0.1) is 0 Å². The number of pyridine rings is 1. The molecule has 1 aromatic rings. The number of amides is 2. The Morgan fingerprint density at radius 1 is 1.38 bits per heavy atom. The quantitative estimate of drug-likeness (QED) is 0.801. The Bertz CT molecular complexity index is 395. The van der Waals surface area contributed by atoms with Crippen molar-refractivity contribution in [1.29, 1.82) is 0 Å². The van der Waals surface area contributed by atoms with Crippen molar-refractivity contribution in [3.63, 3.8) is 0 Å². The molecule has 1 rings (SSSR count). The van der Waals surface area contributed by atoms with E-state index in [-0.39, 0.29) is 24.1 Å². The van der Waals surface area contributed by atoms with Crippen molar-refractivity contribution in [2.75, 3.05) is 13.1 Å². The van der Waals surface area contributed by atoms with Gasteiger partial charge in [-0.25, -0.2) is 4.98 Å². The summed E-state index contributed by atoms with van der Waals surface area (Å²) in [4.78, 5) is 26.6. The summed E-state index contributed by atoms with van der Waals surface area (Å²) in [7, 11) is 0. The highest BCUT2D eigenvalue weighted by atomic mass is 79.9. The topological polar surface area (TPSA) is 71.1 Å². The number of carbonyl (C=O) groups excluding carboxylic acids is 2. The molecule has 0 bridgehead atoms. The largest absolute Gasteiger partial charge is 0.355 e. The number of carbonyl (C=O) groups is 2. The van der Waals surface area contributed by atoms with Crippen molar-refractivity contribution in [1.82, 2.24) is 15.6 Å². The van der Waals surface area contributed by atoms with Crippen LogP contribution in [-0.4, -0.2) is 29.9 Å². The first-order valence-electron chi connectivity index (χ1n) is 4.81. The lowest BCUT2D eigenvalue weighted by Crippen LogP contribution is -2.37. The number of halogens is 1. The van der Waals surface area contributed by atoms with Crippen LogP contribution in [0.1, 0.15) is 17.4 Å². The lowest BCUT2D eigenvalue weighted by molar-refractivity contribution is -0.120. The minimum Gasteiger partial charge on any atom is -0.355 e. The van der Waals surface area contributed by atoms with E-state index in [1.54, 1.807) is 18.2 Å². The molecule has 0 aliphatic carbocycles. The van der Waals surface area contributed by atoms with Crippen LogP contribution >= 0.6 is 15.9 Å². The van der Waals surface area contributed by atoms with E-state index in [1.807, 2.05) is 6.92 Å². The van der Waals surface area contributed by atoms with Gasteiger partial charge >= 0.3 is 0 Å². The number of hydrogen-bond donors (Lipinski definition) is 2. The van der Waals surface area contributed by atoms with Crippen molar-refractivity contribution in [2.24, 2.45) is 0 Å². The Morgan fingerprint density at radius 2 is 2.12 bits per heavy atom. The zero-order chi connectivity index (χ0) is 12.0. The second-order valence-electron chi connectivity index (χ2n) is 2.98. The van der Waals surface area contributed by atoms with Crippen LogP contribution in [-0.2, 0) is 4.79 Å². The molecule has 0 aromatic carbocycles. The SMILES string of the molecule is CCNC(=O)CNC(=O)c1cccc(Br)n1. The molecule has 0 radical (unpaired) electrons. The molecule has 0 saturated carbocycles. The van der Waals surface area contributed by atoms with E-state index in [0.29, 0.717) is 11.1 Å². The molecule has 0 spiro atoms. The van der Waals surface area contributed by atoms with E-state index in [2.05, 4.69) is 31.5 Å². The average molecular weight is 286 g/mol. The molecule has 2 amide bonds. The summed E-state index contributed by atoms with van der Waals surface area (Å²) in [5.74, 6) is -0.585. The van der Waals surface area contributed by atoms with Crippen LogP contribution in [0.25, 0.3) is 0 Å². The number of hydrogen-bond acceptors (Lipinski definition) is 3. The maximum atomic E-state index is 11.5. The van der Waals surface area contributed by atoms with Crippen LogP contribution in [0.15, 0.2) is 22.8 Å². The smallest absolute Gasteiger partial charge is 0.270 e. The third-order valence-electron chi connectivity index (χ3n) is 1.73. The second-order valence-corrected chi connectivity index (χ2v) is 3.79. The highest BCUT2D eigenvalue weighted by Gasteiger charge is 2.08. The summed E-state index contributed by atoms with van der Waals surface area (Å²) in [6.45, 7) is 2.32. The number of rotatable bonds is 4. The molecule has 0 aliphatic rings. The summed E-state index contributed by atoms with van der Waals surface area (Å²) in [5.41, 5.74) is 0.277. The molecule has 0 atom stereocenters. The summed E-state index contributed by atoms with van der Waals surface area (Å²) in [6, 6.07) is 5.01. The lowest BCUT2D eigenvalue weighted by Gasteiger charge is -2.04. The monoisotopic (exact) mass is 285 g/mol. The molecule has 1 heterocycles. The van der Waals surface area contributed by atoms with Gasteiger partial charge in [-0.15, -0.1) is 0 Å². The Kier molecular flexibility index (Phi) is 4.91. The van der Waals surface area contributed by atoms with E-state index in [1.165, 1.54) is 0 Å². The third kappa shape index (κ3) is 3.98. The molecule has 0 fully saturated rings. The first kappa shape index (κ1) is 12.6. The van der Waals surface area contributed by atoms with Gasteiger partial charge in [0.25, 0.3) is 5.91 Å². The van der Waals surface area contributed by atoms with Gasteiger partial charge in [0.1, 0.15) is 10.3 Å². The number of likely N-dealkylation sites (N-methyl/N-ethyl adjacent to an activating group) is 1. The zero-order valence-corrected chi connectivity index (χ0v) is 10.4. The molecular formula is C10H12BrN3O2. The van der Waals surface area contributed by atoms with Gasteiger partial charge in [0, 0.05) is 6.54 Å². The minimum atomic E-state index is -0.368. The van der Waals surface area contributed by atoms with Gasteiger partial charge in [-0.05, 0) is 35.0 Å². The molecule has 1 aromatic heterocycles. The molecule has 5 nitrogen and oxygen atoms in total. The van der Waals surface area contributed by atoms with Gasteiger partial charge in [-0.1, -0.05) is 6.07 Å². The first-order chi connectivity index (χ1) is 7.63. The Hall–Kier alpha value is -1.43. The molecule has 6 heteroatoms. The van der Waals surface area contributed by atoms with Crippen LogP contribution in [0.4, 0.5) is 0 Å². The van der Waals surface area contributed by atoms with Gasteiger partial charge in [-0.2, -0.15) is 0 Å². The molecule has 0 aliphatic heterocycles. The maximum Gasteiger partial charge on any atom is 0.270 e. The van der Waals surface area contributed by atoms with Gasteiger partial charge in [0.05, 0.1) is 6.54 Å². The zero-order valence-electron chi connectivity index (χ0n) is 8.79. The van der Waals surface area contributed by atoms with Gasteiger partial charge in [0.15, 0.2) is 0 Å². The van der Waals surface area contributed by atoms with Gasteiger partial charge in [0.2, 0.25) is 5.91 Å². The Balaban J connectivity index is 2.50. The van der Waals surface area contributed by atoms with Crippen molar-refractivity contribution in [2.45, 2.75) is 6.92 Å². The van der Waals surface area contributed by atoms with E-state index < -0.39 is 0 Å².